The molecular formula is C22H20N4O3. The van der Waals surface area contributed by atoms with E-state index in [2.05, 4.69) is 15.4 Å². The van der Waals surface area contributed by atoms with Gasteiger partial charge in [-0.15, -0.1) is 0 Å². The second-order valence-electron chi connectivity index (χ2n) is 7.31. The first-order chi connectivity index (χ1) is 14.2. The van der Waals surface area contributed by atoms with Gasteiger partial charge in [-0.3, -0.25) is 4.79 Å². The van der Waals surface area contributed by atoms with E-state index in [9.17, 15) is 9.90 Å². The van der Waals surface area contributed by atoms with Gasteiger partial charge < -0.3 is 15.2 Å². The molecule has 0 unspecified atom stereocenters. The van der Waals surface area contributed by atoms with Crippen LogP contribution < -0.4 is 10.1 Å². The molecule has 2 aromatic carbocycles. The number of para-hydroxylation sites is 1. The molecule has 29 heavy (non-hydrogen) atoms. The third kappa shape index (κ3) is 2.86. The predicted molar refractivity (Wildman–Crippen MR) is 107 cm³/mol. The van der Waals surface area contributed by atoms with Gasteiger partial charge in [0.2, 0.25) is 5.95 Å². The summed E-state index contributed by atoms with van der Waals surface area (Å²) in [6, 6.07) is 14.5. The SMILES string of the molecule is COc1ccc([C@@H]2C3=C(C[C@H](c4ccccc4O)CC3=O)Nc3ncnn32)cc1. The molecular weight excluding hydrogens is 368 g/mol. The first-order valence-corrected chi connectivity index (χ1v) is 9.50. The van der Waals surface area contributed by atoms with Crippen LogP contribution in [0.3, 0.4) is 0 Å². The van der Waals surface area contributed by atoms with Crippen LogP contribution in [0, 0.1) is 0 Å². The monoisotopic (exact) mass is 388 g/mol. The lowest BCUT2D eigenvalue weighted by Gasteiger charge is -2.35. The fraction of sp³-hybridized carbons (Fsp3) is 0.227. The van der Waals surface area contributed by atoms with E-state index in [4.69, 9.17) is 4.74 Å². The lowest BCUT2D eigenvalue weighted by molar-refractivity contribution is -0.116. The van der Waals surface area contributed by atoms with Crippen LogP contribution in [-0.2, 0) is 4.79 Å². The van der Waals surface area contributed by atoms with Gasteiger partial charge in [-0.2, -0.15) is 10.1 Å². The van der Waals surface area contributed by atoms with Crippen LogP contribution in [0.4, 0.5) is 5.95 Å². The van der Waals surface area contributed by atoms with Crippen LogP contribution in [0.25, 0.3) is 0 Å². The van der Waals surface area contributed by atoms with Crippen LogP contribution in [0.5, 0.6) is 11.5 Å². The highest BCUT2D eigenvalue weighted by Gasteiger charge is 2.39. The number of hydrogen-bond acceptors (Lipinski definition) is 6. The van der Waals surface area contributed by atoms with Gasteiger partial charge in [-0.25, -0.2) is 4.68 Å². The zero-order valence-electron chi connectivity index (χ0n) is 15.9. The van der Waals surface area contributed by atoms with E-state index >= 15 is 0 Å². The number of fused-ring (bicyclic) bond motifs is 1. The highest BCUT2D eigenvalue weighted by molar-refractivity contribution is 6.00. The molecule has 0 bridgehead atoms. The maximum Gasteiger partial charge on any atom is 0.226 e. The fourth-order valence-corrected chi connectivity index (χ4v) is 4.30. The van der Waals surface area contributed by atoms with Crippen molar-refractivity contribution in [1.29, 1.82) is 0 Å². The molecule has 3 aromatic rings. The molecule has 2 aliphatic rings. The van der Waals surface area contributed by atoms with E-state index in [0.29, 0.717) is 24.4 Å². The Morgan fingerprint density at radius 1 is 1.14 bits per heavy atom. The Morgan fingerprint density at radius 3 is 2.69 bits per heavy atom. The molecule has 2 N–H and O–H groups in total. The molecule has 0 amide bonds. The summed E-state index contributed by atoms with van der Waals surface area (Å²) < 4.78 is 7.01. The molecule has 7 heteroatoms. The maximum absolute atomic E-state index is 13.3. The molecule has 0 radical (unpaired) electrons. The zero-order chi connectivity index (χ0) is 20.0. The van der Waals surface area contributed by atoms with Gasteiger partial charge in [0.05, 0.1) is 7.11 Å². The van der Waals surface area contributed by atoms with Crippen molar-refractivity contribution in [1.82, 2.24) is 14.8 Å². The van der Waals surface area contributed by atoms with Crippen molar-refractivity contribution >= 4 is 11.7 Å². The van der Waals surface area contributed by atoms with Gasteiger partial charge in [0.15, 0.2) is 5.78 Å². The van der Waals surface area contributed by atoms with E-state index in [0.717, 1.165) is 22.6 Å². The minimum absolute atomic E-state index is 0.0500. The second-order valence-corrected chi connectivity index (χ2v) is 7.31. The number of hydrogen-bond donors (Lipinski definition) is 2. The molecule has 0 saturated heterocycles. The summed E-state index contributed by atoms with van der Waals surface area (Å²) in [7, 11) is 1.62. The fourth-order valence-electron chi connectivity index (χ4n) is 4.30. The summed E-state index contributed by atoms with van der Waals surface area (Å²) >= 11 is 0. The number of rotatable bonds is 3. The van der Waals surface area contributed by atoms with Crippen molar-refractivity contribution in [3.63, 3.8) is 0 Å². The summed E-state index contributed by atoms with van der Waals surface area (Å²) in [5, 5.41) is 17.9. The van der Waals surface area contributed by atoms with E-state index in [-0.39, 0.29) is 23.5 Å². The molecule has 146 valence electrons. The van der Waals surface area contributed by atoms with E-state index in [1.54, 1.807) is 23.9 Å². The second kappa shape index (κ2) is 6.77. The number of allylic oxidation sites excluding steroid dienone is 2. The van der Waals surface area contributed by atoms with Crippen molar-refractivity contribution < 1.29 is 14.6 Å². The highest BCUT2D eigenvalue weighted by atomic mass is 16.5. The van der Waals surface area contributed by atoms with Crippen LogP contribution >= 0.6 is 0 Å². The average molecular weight is 388 g/mol. The summed E-state index contributed by atoms with van der Waals surface area (Å²) in [6.07, 6.45) is 2.45. The van der Waals surface area contributed by atoms with E-state index in [1.807, 2.05) is 36.4 Å². The first kappa shape index (κ1) is 17.5. The Bertz CT molecular complexity index is 1120. The molecule has 7 nitrogen and oxygen atoms in total. The molecule has 1 aromatic heterocycles. The number of ether oxygens (including phenoxy) is 1. The Morgan fingerprint density at radius 2 is 1.93 bits per heavy atom. The van der Waals surface area contributed by atoms with E-state index < -0.39 is 0 Å². The number of aromatic hydroxyl groups is 1. The Balaban J connectivity index is 1.59. The van der Waals surface area contributed by atoms with Crippen molar-refractivity contribution in [2.24, 2.45) is 0 Å². The average Bonchev–Trinajstić information content (AvgIpc) is 3.20. The minimum Gasteiger partial charge on any atom is -0.508 e. The number of phenols is 1. The number of anilines is 1. The topological polar surface area (TPSA) is 89.3 Å². The zero-order valence-corrected chi connectivity index (χ0v) is 15.9. The largest absolute Gasteiger partial charge is 0.508 e. The molecule has 0 fully saturated rings. The van der Waals surface area contributed by atoms with Crippen molar-refractivity contribution in [3.8, 4) is 11.5 Å². The molecule has 1 aliphatic heterocycles. The van der Waals surface area contributed by atoms with Crippen molar-refractivity contribution in [3.05, 3.63) is 77.3 Å². The molecule has 0 spiro atoms. The van der Waals surface area contributed by atoms with Crippen molar-refractivity contribution in [2.45, 2.75) is 24.8 Å². The lowest BCUT2D eigenvalue weighted by Crippen LogP contribution is -2.33. The maximum atomic E-state index is 13.3. The highest BCUT2D eigenvalue weighted by Crippen LogP contribution is 2.45. The van der Waals surface area contributed by atoms with E-state index in [1.165, 1.54) is 6.33 Å². The number of benzene rings is 2. The standard InChI is InChI=1S/C22H20N4O3/c1-29-15-8-6-13(7-9-15)21-20-17(25-22-23-12-24-26(21)22)10-14(11-19(20)28)16-4-2-3-5-18(16)27/h2-9,12,14,21,27H,10-11H2,1H3,(H,23,24,25)/t14-,21+/m0/s1. The Labute approximate surface area is 167 Å². The van der Waals surface area contributed by atoms with Gasteiger partial charge in [0.1, 0.15) is 23.9 Å². The third-order valence-electron chi connectivity index (χ3n) is 5.67. The van der Waals surface area contributed by atoms with Crippen LogP contribution in [0.1, 0.15) is 35.9 Å². The van der Waals surface area contributed by atoms with Gasteiger partial charge >= 0.3 is 0 Å². The first-order valence-electron chi connectivity index (χ1n) is 9.50. The van der Waals surface area contributed by atoms with Crippen LogP contribution in [-0.4, -0.2) is 32.8 Å². The normalized spacial score (nSPS) is 20.7. The molecule has 1 aliphatic carbocycles. The van der Waals surface area contributed by atoms with Gasteiger partial charge in [-0.05, 0) is 35.7 Å². The predicted octanol–water partition coefficient (Wildman–Crippen LogP) is 3.41. The Kier molecular flexibility index (Phi) is 4.08. The van der Waals surface area contributed by atoms with Gasteiger partial charge in [-0.1, -0.05) is 30.3 Å². The summed E-state index contributed by atoms with van der Waals surface area (Å²) in [5.41, 5.74) is 3.29. The number of aromatic nitrogens is 3. The van der Waals surface area contributed by atoms with Crippen molar-refractivity contribution in [2.75, 3.05) is 12.4 Å². The summed E-state index contributed by atoms with van der Waals surface area (Å²) in [4.78, 5) is 17.6. The number of nitrogens with zero attached hydrogens (tertiary/aromatic N) is 3. The van der Waals surface area contributed by atoms with Crippen LogP contribution in [0.2, 0.25) is 0 Å². The number of nitrogens with one attached hydrogen (secondary N) is 1. The minimum atomic E-state index is -0.340. The molecule has 5 rings (SSSR count). The van der Waals surface area contributed by atoms with Gasteiger partial charge in [0.25, 0.3) is 0 Å². The Hall–Kier alpha value is -3.61. The summed E-state index contributed by atoms with van der Waals surface area (Å²) in [5.74, 6) is 1.55. The number of phenolic OH excluding ortho intramolecular Hbond substituents is 1. The number of carbonyl (C=O) groups is 1. The van der Waals surface area contributed by atoms with Crippen LogP contribution in [0.15, 0.2) is 66.1 Å². The smallest absolute Gasteiger partial charge is 0.226 e. The number of carbonyl (C=O) groups excluding carboxylic acids is 1. The third-order valence-corrected chi connectivity index (χ3v) is 5.67. The quantitative estimate of drug-likeness (QED) is 0.715. The number of methoxy groups -OCH3 is 1. The van der Waals surface area contributed by atoms with Gasteiger partial charge in [0, 0.05) is 23.6 Å². The summed E-state index contributed by atoms with van der Waals surface area (Å²) in [6.45, 7) is 0. The lowest BCUT2D eigenvalue weighted by atomic mass is 9.77. The molecule has 2 atom stereocenters. The number of ketones is 1. The molecule has 0 saturated carbocycles. The number of Topliss-reactive ketones (excluding diaryl/α,β-unsaturated/α-hetero) is 1. The molecule has 2 heterocycles.